The molecule has 0 atom stereocenters. The summed E-state index contributed by atoms with van der Waals surface area (Å²) in [4.78, 5) is 3.97. The minimum absolute atomic E-state index is 0.248. The summed E-state index contributed by atoms with van der Waals surface area (Å²) in [5, 5.41) is 5.92. The summed E-state index contributed by atoms with van der Waals surface area (Å²) in [5.74, 6) is 0.360. The number of hydrogen-bond donors (Lipinski definition) is 2. The largest absolute Gasteiger partial charge is 0.378 e. The van der Waals surface area contributed by atoms with Gasteiger partial charge < -0.3 is 10.6 Å². The average molecular weight is 153 g/mol. The van der Waals surface area contributed by atoms with Gasteiger partial charge in [0.05, 0.1) is 0 Å². The van der Waals surface area contributed by atoms with Crippen molar-refractivity contribution in [3.8, 4) is 0 Å². The zero-order chi connectivity index (χ0) is 7.68. The predicted molar refractivity (Wildman–Crippen MR) is 41.2 cm³/mol. The van der Waals surface area contributed by atoms with E-state index in [0.29, 0.717) is 11.5 Å². The highest BCUT2D eigenvalue weighted by Gasteiger charge is 2.11. The van der Waals surface area contributed by atoms with Crippen molar-refractivity contribution >= 4 is 11.5 Å². The quantitative estimate of drug-likeness (QED) is 0.585. The van der Waals surface area contributed by atoms with Crippen molar-refractivity contribution in [2.75, 3.05) is 23.7 Å². The van der Waals surface area contributed by atoms with Gasteiger partial charge in [0.25, 0.3) is 0 Å². The molecule has 58 valence electrons. The van der Waals surface area contributed by atoms with Crippen LogP contribution < -0.4 is 10.6 Å². The maximum atomic E-state index is 12.9. The Bertz CT molecular complexity index is 274. The monoisotopic (exact) mass is 153 g/mol. The van der Waals surface area contributed by atoms with Crippen LogP contribution >= 0.6 is 0 Å². The standard InChI is InChI=1S/C7H8FN3/c8-5-1-2-10-7-6(5)9-3-4-11-7/h1-2,9H,3-4H2,(H,10,11). The van der Waals surface area contributed by atoms with Crippen LogP contribution in [0.2, 0.25) is 0 Å². The van der Waals surface area contributed by atoms with E-state index in [1.807, 2.05) is 0 Å². The lowest BCUT2D eigenvalue weighted by Gasteiger charge is -2.18. The highest BCUT2D eigenvalue weighted by atomic mass is 19.1. The summed E-state index contributed by atoms with van der Waals surface area (Å²) in [6, 6.07) is 1.35. The maximum absolute atomic E-state index is 12.9. The molecule has 0 spiro atoms. The number of halogens is 1. The number of hydrogen-bond acceptors (Lipinski definition) is 3. The lowest BCUT2D eigenvalue weighted by Crippen LogP contribution is -2.22. The Hall–Kier alpha value is -1.32. The van der Waals surface area contributed by atoms with Crippen molar-refractivity contribution in [1.29, 1.82) is 0 Å². The van der Waals surface area contributed by atoms with Crippen LogP contribution in [-0.2, 0) is 0 Å². The summed E-state index contributed by atoms with van der Waals surface area (Å²) in [6.07, 6.45) is 1.45. The molecule has 0 unspecified atom stereocenters. The van der Waals surface area contributed by atoms with E-state index in [9.17, 15) is 4.39 Å². The van der Waals surface area contributed by atoms with Gasteiger partial charge in [0.2, 0.25) is 0 Å². The summed E-state index contributed by atoms with van der Waals surface area (Å²) < 4.78 is 12.9. The normalized spacial score (nSPS) is 14.6. The molecule has 4 heteroatoms. The van der Waals surface area contributed by atoms with Gasteiger partial charge in [0, 0.05) is 19.3 Å². The van der Waals surface area contributed by atoms with E-state index in [1.165, 1.54) is 12.3 Å². The van der Waals surface area contributed by atoms with Gasteiger partial charge in [0.15, 0.2) is 11.6 Å². The Kier molecular flexibility index (Phi) is 1.38. The molecule has 0 aromatic carbocycles. The number of pyridine rings is 1. The van der Waals surface area contributed by atoms with Crippen LogP contribution in [0.15, 0.2) is 12.3 Å². The molecule has 1 aliphatic heterocycles. The van der Waals surface area contributed by atoms with Crippen LogP contribution in [-0.4, -0.2) is 18.1 Å². The Morgan fingerprint density at radius 2 is 2.18 bits per heavy atom. The molecule has 0 amide bonds. The molecule has 11 heavy (non-hydrogen) atoms. The predicted octanol–water partition coefficient (Wildman–Crippen LogP) is 1.06. The van der Waals surface area contributed by atoms with Gasteiger partial charge in [-0.15, -0.1) is 0 Å². The smallest absolute Gasteiger partial charge is 0.152 e. The number of aromatic nitrogens is 1. The number of fused-ring (bicyclic) bond motifs is 1. The van der Waals surface area contributed by atoms with Crippen LogP contribution in [0.5, 0.6) is 0 Å². The van der Waals surface area contributed by atoms with E-state index < -0.39 is 0 Å². The third kappa shape index (κ3) is 1.00. The molecule has 1 aromatic heterocycles. The van der Waals surface area contributed by atoms with Gasteiger partial charge in [-0.25, -0.2) is 9.37 Å². The van der Waals surface area contributed by atoms with E-state index in [0.717, 1.165) is 13.1 Å². The minimum Gasteiger partial charge on any atom is -0.378 e. The fraction of sp³-hybridized carbons (Fsp3) is 0.286. The number of anilines is 2. The van der Waals surface area contributed by atoms with Crippen molar-refractivity contribution < 1.29 is 4.39 Å². The molecule has 2 N–H and O–H groups in total. The molecule has 0 fully saturated rings. The zero-order valence-corrected chi connectivity index (χ0v) is 5.89. The van der Waals surface area contributed by atoms with Crippen LogP contribution in [0.1, 0.15) is 0 Å². The molecule has 2 heterocycles. The van der Waals surface area contributed by atoms with Crippen molar-refractivity contribution in [2.45, 2.75) is 0 Å². The van der Waals surface area contributed by atoms with E-state index in [4.69, 9.17) is 0 Å². The first kappa shape index (κ1) is 6.39. The Morgan fingerprint density at radius 1 is 1.36 bits per heavy atom. The number of rotatable bonds is 0. The topological polar surface area (TPSA) is 37.0 Å². The van der Waals surface area contributed by atoms with E-state index >= 15 is 0 Å². The summed E-state index contributed by atoms with van der Waals surface area (Å²) in [5.41, 5.74) is 0.485. The molecule has 1 aliphatic rings. The second kappa shape index (κ2) is 2.38. The summed E-state index contributed by atoms with van der Waals surface area (Å²) in [7, 11) is 0. The van der Waals surface area contributed by atoms with Gasteiger partial charge in [-0.1, -0.05) is 0 Å². The molecule has 0 saturated heterocycles. The fourth-order valence-corrected chi connectivity index (χ4v) is 1.11. The Labute approximate surface area is 63.6 Å². The van der Waals surface area contributed by atoms with Crippen LogP contribution in [0.25, 0.3) is 0 Å². The first-order chi connectivity index (χ1) is 5.38. The molecule has 2 rings (SSSR count). The maximum Gasteiger partial charge on any atom is 0.152 e. The summed E-state index contributed by atoms with van der Waals surface area (Å²) >= 11 is 0. The zero-order valence-electron chi connectivity index (χ0n) is 5.89. The minimum atomic E-state index is -0.248. The molecule has 0 saturated carbocycles. The average Bonchev–Trinajstić information content (AvgIpc) is 2.06. The first-order valence-electron chi connectivity index (χ1n) is 3.50. The number of nitrogens with one attached hydrogen (secondary N) is 2. The SMILES string of the molecule is Fc1ccnc2c1NCCN2. The molecule has 0 radical (unpaired) electrons. The molecular weight excluding hydrogens is 145 g/mol. The molecule has 1 aromatic rings. The van der Waals surface area contributed by atoms with E-state index in [-0.39, 0.29) is 5.82 Å². The van der Waals surface area contributed by atoms with E-state index in [2.05, 4.69) is 15.6 Å². The third-order valence-electron chi connectivity index (χ3n) is 1.62. The first-order valence-corrected chi connectivity index (χ1v) is 3.50. The van der Waals surface area contributed by atoms with Gasteiger partial charge in [-0.3, -0.25) is 0 Å². The fourth-order valence-electron chi connectivity index (χ4n) is 1.11. The van der Waals surface area contributed by atoms with Crippen LogP contribution in [0.4, 0.5) is 15.9 Å². The second-order valence-corrected chi connectivity index (χ2v) is 2.37. The Balaban J connectivity index is 2.49. The lowest BCUT2D eigenvalue weighted by atomic mass is 10.3. The molecule has 3 nitrogen and oxygen atoms in total. The molecular formula is C7H8FN3. The van der Waals surface area contributed by atoms with Crippen molar-refractivity contribution in [1.82, 2.24) is 4.98 Å². The van der Waals surface area contributed by atoms with Crippen molar-refractivity contribution in [3.05, 3.63) is 18.1 Å². The van der Waals surface area contributed by atoms with Gasteiger partial charge in [-0.05, 0) is 6.07 Å². The molecule has 0 aliphatic carbocycles. The highest BCUT2D eigenvalue weighted by molar-refractivity contribution is 5.66. The molecule has 0 bridgehead atoms. The Morgan fingerprint density at radius 3 is 3.00 bits per heavy atom. The third-order valence-corrected chi connectivity index (χ3v) is 1.62. The van der Waals surface area contributed by atoms with E-state index in [1.54, 1.807) is 0 Å². The highest BCUT2D eigenvalue weighted by Crippen LogP contribution is 2.23. The van der Waals surface area contributed by atoms with Crippen LogP contribution in [0.3, 0.4) is 0 Å². The summed E-state index contributed by atoms with van der Waals surface area (Å²) in [6.45, 7) is 1.54. The number of nitrogens with zero attached hydrogens (tertiary/aromatic N) is 1. The van der Waals surface area contributed by atoms with Gasteiger partial charge >= 0.3 is 0 Å². The second-order valence-electron chi connectivity index (χ2n) is 2.37. The lowest BCUT2D eigenvalue weighted by molar-refractivity contribution is 0.627. The van der Waals surface area contributed by atoms with Crippen molar-refractivity contribution in [3.63, 3.8) is 0 Å². The van der Waals surface area contributed by atoms with Gasteiger partial charge in [-0.2, -0.15) is 0 Å². The van der Waals surface area contributed by atoms with Crippen LogP contribution in [0, 0.1) is 5.82 Å². The van der Waals surface area contributed by atoms with Gasteiger partial charge in [0.1, 0.15) is 5.69 Å². The van der Waals surface area contributed by atoms with Crippen molar-refractivity contribution in [2.24, 2.45) is 0 Å².